The van der Waals surface area contributed by atoms with E-state index in [-0.39, 0.29) is 31.0 Å². The second-order valence-electron chi connectivity index (χ2n) is 6.72. The SMILES string of the molecule is [H-].[Na+].c1ccc(C2CCCc3ccc4c(ccc5ccccc54)c32)nc1. The Bertz CT molecular complexity index is 1050. The van der Waals surface area contributed by atoms with Gasteiger partial charge in [0.2, 0.25) is 0 Å². The van der Waals surface area contributed by atoms with E-state index < -0.39 is 0 Å². The molecular weight excluding hydrogens is 313 g/mol. The summed E-state index contributed by atoms with van der Waals surface area (Å²) in [6.45, 7) is 0. The third kappa shape index (κ3) is 2.81. The Hall–Kier alpha value is -1.67. The molecule has 0 saturated carbocycles. The fourth-order valence-electron chi connectivity index (χ4n) is 4.31. The molecule has 0 aliphatic heterocycles. The van der Waals surface area contributed by atoms with Crippen molar-refractivity contribution >= 4 is 21.5 Å². The minimum atomic E-state index is 0. The average Bonchev–Trinajstić information content (AvgIpc) is 2.67. The summed E-state index contributed by atoms with van der Waals surface area (Å²) in [5, 5.41) is 5.44. The van der Waals surface area contributed by atoms with Crippen LogP contribution in [0.25, 0.3) is 21.5 Å². The quantitative estimate of drug-likeness (QED) is 0.385. The van der Waals surface area contributed by atoms with Gasteiger partial charge in [-0.15, -0.1) is 0 Å². The van der Waals surface area contributed by atoms with Crippen LogP contribution in [0, 0.1) is 0 Å². The molecule has 0 bridgehead atoms. The molecule has 1 aliphatic rings. The van der Waals surface area contributed by atoms with Gasteiger partial charge in [0, 0.05) is 17.8 Å². The second kappa shape index (κ2) is 6.92. The van der Waals surface area contributed by atoms with Crippen LogP contribution < -0.4 is 29.6 Å². The van der Waals surface area contributed by atoms with Crippen molar-refractivity contribution in [2.45, 2.75) is 25.2 Å². The van der Waals surface area contributed by atoms with Crippen molar-refractivity contribution in [2.24, 2.45) is 0 Å². The van der Waals surface area contributed by atoms with Crippen LogP contribution in [0.5, 0.6) is 0 Å². The van der Waals surface area contributed by atoms with Crippen molar-refractivity contribution in [3.8, 4) is 0 Å². The molecule has 0 amide bonds. The number of aryl methyl sites for hydroxylation is 1. The smallest absolute Gasteiger partial charge is 1.00 e. The number of pyridine rings is 1. The van der Waals surface area contributed by atoms with E-state index in [0.717, 1.165) is 0 Å². The van der Waals surface area contributed by atoms with Gasteiger partial charge in [-0.05, 0) is 64.1 Å². The molecule has 1 heterocycles. The van der Waals surface area contributed by atoms with E-state index in [4.69, 9.17) is 0 Å². The van der Waals surface area contributed by atoms with Crippen molar-refractivity contribution < 1.29 is 31.0 Å². The number of benzene rings is 3. The Balaban J connectivity index is 0.000000980. The monoisotopic (exact) mass is 333 g/mol. The maximum absolute atomic E-state index is 4.67. The van der Waals surface area contributed by atoms with Crippen molar-refractivity contribution in [3.63, 3.8) is 0 Å². The zero-order chi connectivity index (χ0) is 15.9. The van der Waals surface area contributed by atoms with Gasteiger partial charge in [-0.2, -0.15) is 0 Å². The van der Waals surface area contributed by atoms with Crippen molar-refractivity contribution in [2.75, 3.05) is 0 Å². The first-order valence-corrected chi connectivity index (χ1v) is 8.76. The minimum Gasteiger partial charge on any atom is -1.00 e. The molecule has 5 rings (SSSR count). The van der Waals surface area contributed by atoms with Crippen LogP contribution in [-0.2, 0) is 6.42 Å². The van der Waals surface area contributed by atoms with Gasteiger partial charge in [0.1, 0.15) is 0 Å². The molecular formula is C23H20NNa. The molecule has 1 aromatic heterocycles. The van der Waals surface area contributed by atoms with E-state index in [1.807, 2.05) is 12.3 Å². The number of hydrogen-bond acceptors (Lipinski definition) is 1. The topological polar surface area (TPSA) is 12.9 Å². The molecule has 1 aliphatic carbocycles. The van der Waals surface area contributed by atoms with E-state index in [9.17, 15) is 0 Å². The van der Waals surface area contributed by atoms with Crippen LogP contribution >= 0.6 is 0 Å². The second-order valence-corrected chi connectivity index (χ2v) is 6.72. The van der Waals surface area contributed by atoms with Crippen LogP contribution in [0.3, 0.4) is 0 Å². The molecule has 0 fully saturated rings. The molecule has 1 atom stereocenters. The standard InChI is InChI=1S/C23H19N.Na.H/c1-2-8-18-16(6-1)11-14-20-19(18)13-12-17-7-5-9-21(23(17)20)22-10-3-4-15-24-22;;/h1-4,6,8,10-15,21H,5,7,9H2;;/q;+1;-1. The number of hydrogen-bond donors (Lipinski definition) is 0. The Morgan fingerprint density at radius 3 is 2.52 bits per heavy atom. The zero-order valence-corrected chi connectivity index (χ0v) is 16.6. The minimum absolute atomic E-state index is 0. The maximum atomic E-state index is 4.67. The zero-order valence-electron chi connectivity index (χ0n) is 15.6. The van der Waals surface area contributed by atoms with Gasteiger partial charge in [0.05, 0.1) is 0 Å². The van der Waals surface area contributed by atoms with E-state index >= 15 is 0 Å². The van der Waals surface area contributed by atoms with Crippen molar-refractivity contribution in [3.05, 3.63) is 89.7 Å². The largest absolute Gasteiger partial charge is 1.00 e. The maximum Gasteiger partial charge on any atom is 1.00 e. The number of nitrogens with zero attached hydrogens (tertiary/aromatic N) is 1. The van der Waals surface area contributed by atoms with E-state index in [2.05, 4.69) is 65.6 Å². The van der Waals surface area contributed by atoms with Crippen LogP contribution in [0.1, 0.15) is 37.0 Å². The molecule has 1 nitrogen and oxygen atoms in total. The molecule has 3 aromatic carbocycles. The molecule has 0 spiro atoms. The first kappa shape index (κ1) is 16.8. The molecule has 0 N–H and O–H groups in total. The summed E-state index contributed by atoms with van der Waals surface area (Å²) >= 11 is 0. The summed E-state index contributed by atoms with van der Waals surface area (Å²) in [4.78, 5) is 4.67. The third-order valence-electron chi connectivity index (χ3n) is 5.39. The van der Waals surface area contributed by atoms with Gasteiger partial charge in [0.15, 0.2) is 0 Å². The Kier molecular flexibility index (Phi) is 4.64. The average molecular weight is 333 g/mol. The van der Waals surface area contributed by atoms with Crippen LogP contribution in [0.15, 0.2) is 72.9 Å². The number of aromatic nitrogens is 1. The Morgan fingerprint density at radius 1 is 0.800 bits per heavy atom. The predicted molar refractivity (Wildman–Crippen MR) is 102 cm³/mol. The summed E-state index contributed by atoms with van der Waals surface area (Å²) in [5.74, 6) is 0.416. The van der Waals surface area contributed by atoms with E-state index in [1.165, 1.54) is 57.6 Å². The molecule has 1 unspecified atom stereocenters. The normalized spacial score (nSPS) is 16.4. The van der Waals surface area contributed by atoms with E-state index in [0.29, 0.717) is 5.92 Å². The fourth-order valence-corrected chi connectivity index (χ4v) is 4.31. The van der Waals surface area contributed by atoms with Gasteiger partial charge in [-0.3, -0.25) is 4.98 Å². The third-order valence-corrected chi connectivity index (χ3v) is 5.39. The molecule has 25 heavy (non-hydrogen) atoms. The summed E-state index contributed by atoms with van der Waals surface area (Å²) in [6, 6.07) is 24.2. The van der Waals surface area contributed by atoms with Gasteiger partial charge >= 0.3 is 29.6 Å². The Labute approximate surface area is 171 Å². The van der Waals surface area contributed by atoms with Crippen molar-refractivity contribution in [1.29, 1.82) is 0 Å². The summed E-state index contributed by atoms with van der Waals surface area (Å²) in [5.41, 5.74) is 4.21. The molecule has 0 radical (unpaired) electrons. The Morgan fingerprint density at radius 2 is 1.64 bits per heavy atom. The molecule has 118 valence electrons. The summed E-state index contributed by atoms with van der Waals surface area (Å²) < 4.78 is 0. The molecule has 4 aromatic rings. The van der Waals surface area contributed by atoms with Crippen LogP contribution in [0.4, 0.5) is 0 Å². The summed E-state index contributed by atoms with van der Waals surface area (Å²) in [6.07, 6.45) is 5.54. The first-order valence-electron chi connectivity index (χ1n) is 8.76. The van der Waals surface area contributed by atoms with Crippen LogP contribution in [0.2, 0.25) is 0 Å². The van der Waals surface area contributed by atoms with Gasteiger partial charge in [-0.25, -0.2) is 0 Å². The first-order chi connectivity index (χ1) is 11.9. The predicted octanol–water partition coefficient (Wildman–Crippen LogP) is 2.97. The van der Waals surface area contributed by atoms with Gasteiger partial charge in [0.25, 0.3) is 0 Å². The van der Waals surface area contributed by atoms with Gasteiger partial charge < -0.3 is 1.43 Å². The molecule has 2 heteroatoms. The number of rotatable bonds is 1. The van der Waals surface area contributed by atoms with E-state index in [1.54, 1.807) is 0 Å². The fraction of sp³-hybridized carbons (Fsp3) is 0.174. The number of fused-ring (bicyclic) bond motifs is 5. The van der Waals surface area contributed by atoms with Gasteiger partial charge in [-0.1, -0.05) is 54.6 Å². The molecule has 0 saturated heterocycles. The van der Waals surface area contributed by atoms with Crippen molar-refractivity contribution in [1.82, 2.24) is 4.98 Å². The van der Waals surface area contributed by atoms with Crippen LogP contribution in [-0.4, -0.2) is 4.98 Å². The summed E-state index contributed by atoms with van der Waals surface area (Å²) in [7, 11) is 0.